The van der Waals surface area contributed by atoms with Gasteiger partial charge in [-0.3, -0.25) is 24.0 Å². The fraction of sp³-hybridized carbons (Fsp3) is 0.647. The number of para-hydroxylation sites is 1. The van der Waals surface area contributed by atoms with E-state index in [1.54, 1.807) is 24.3 Å². The van der Waals surface area contributed by atoms with E-state index in [4.69, 9.17) is 10.5 Å². The Morgan fingerprint density at radius 3 is 2.20 bits per heavy atom. The normalized spacial score (nSPS) is 23.4. The molecule has 0 spiro atoms. The summed E-state index contributed by atoms with van der Waals surface area (Å²) in [6, 6.07) is 2.18. The molecule has 0 radical (unpaired) electrons. The molecular weight excluding hydrogens is 590 g/mol. The average Bonchev–Trinajstić information content (AvgIpc) is 3.83. The van der Waals surface area contributed by atoms with Crippen molar-refractivity contribution in [2.75, 3.05) is 13.7 Å². The number of carbonyl (C=O) groups excluding carboxylic acids is 6. The third-order valence-corrected chi connectivity index (χ3v) is 9.90. The van der Waals surface area contributed by atoms with E-state index in [0.717, 1.165) is 12.8 Å². The van der Waals surface area contributed by atoms with Crippen molar-refractivity contribution in [2.45, 2.75) is 91.9 Å². The summed E-state index contributed by atoms with van der Waals surface area (Å²) >= 11 is 0. The number of piperidine rings is 1. The number of hydrogen-bond donors (Lipinski definition) is 4. The number of ketones is 2. The Kier molecular flexibility index (Phi) is 9.89. The largest absolute Gasteiger partial charge is 0.496 e. The van der Waals surface area contributed by atoms with Gasteiger partial charge in [-0.05, 0) is 53.1 Å². The number of carbonyl (C=O) groups is 6. The molecule has 4 rings (SSSR count). The molecule has 5 N–H and O–H groups in total. The van der Waals surface area contributed by atoms with Crippen molar-refractivity contribution in [3.63, 3.8) is 0 Å². The highest BCUT2D eigenvalue weighted by atomic mass is 16.5. The Labute approximate surface area is 270 Å². The van der Waals surface area contributed by atoms with E-state index in [9.17, 15) is 28.8 Å². The van der Waals surface area contributed by atoms with Crippen molar-refractivity contribution in [3.8, 4) is 5.75 Å². The fourth-order valence-electron chi connectivity index (χ4n) is 6.84. The maximum Gasteiger partial charge on any atom is 0.316 e. The van der Waals surface area contributed by atoms with Crippen LogP contribution < -0.4 is 26.4 Å². The van der Waals surface area contributed by atoms with Crippen molar-refractivity contribution in [3.05, 3.63) is 29.8 Å². The minimum atomic E-state index is -1.11. The number of methoxy groups -OCH3 is 1. The number of fused-ring (bicyclic) bond motifs is 1. The number of ether oxygens (including phenoxy) is 1. The van der Waals surface area contributed by atoms with Crippen molar-refractivity contribution in [1.82, 2.24) is 20.9 Å². The molecule has 0 bridgehead atoms. The zero-order valence-corrected chi connectivity index (χ0v) is 28.1. The van der Waals surface area contributed by atoms with Crippen LogP contribution in [0.2, 0.25) is 0 Å². The molecule has 1 heterocycles. The molecule has 46 heavy (non-hydrogen) atoms. The van der Waals surface area contributed by atoms with Crippen LogP contribution in [0.15, 0.2) is 24.3 Å². The first-order valence-corrected chi connectivity index (χ1v) is 16.1. The molecule has 2 saturated carbocycles. The van der Waals surface area contributed by atoms with Crippen LogP contribution >= 0.6 is 0 Å². The van der Waals surface area contributed by atoms with E-state index >= 15 is 0 Å². The second-order valence-electron chi connectivity index (χ2n) is 15.1. The minimum absolute atomic E-state index is 0.0548. The van der Waals surface area contributed by atoms with Gasteiger partial charge >= 0.3 is 6.03 Å². The second kappa shape index (κ2) is 13.0. The van der Waals surface area contributed by atoms with Gasteiger partial charge in [-0.1, -0.05) is 73.4 Å². The Bertz CT molecular complexity index is 1400. The number of primary amides is 1. The molecule has 0 aromatic heterocycles. The molecule has 2 aliphatic carbocycles. The summed E-state index contributed by atoms with van der Waals surface area (Å²) in [5, 5.41) is 8.32. The van der Waals surface area contributed by atoms with Crippen LogP contribution in [-0.2, 0) is 19.2 Å². The topological polar surface area (TPSA) is 177 Å². The summed E-state index contributed by atoms with van der Waals surface area (Å²) in [6.45, 7) is 13.4. The minimum Gasteiger partial charge on any atom is -0.496 e. The zero-order chi connectivity index (χ0) is 34.3. The summed E-state index contributed by atoms with van der Waals surface area (Å²) in [6.07, 6.45) is 2.14. The van der Waals surface area contributed by atoms with E-state index in [1.807, 2.05) is 48.5 Å². The molecule has 3 aliphatic rings. The van der Waals surface area contributed by atoms with Crippen LogP contribution in [0.4, 0.5) is 4.79 Å². The second-order valence-corrected chi connectivity index (χ2v) is 15.1. The fourth-order valence-corrected chi connectivity index (χ4v) is 6.84. The van der Waals surface area contributed by atoms with Crippen LogP contribution in [0.25, 0.3) is 0 Å². The number of amides is 5. The number of likely N-dealkylation sites (tertiary alicyclic amines) is 1. The first-order chi connectivity index (χ1) is 21.4. The Morgan fingerprint density at radius 1 is 1.02 bits per heavy atom. The molecule has 5 amide bonds. The van der Waals surface area contributed by atoms with Crippen molar-refractivity contribution in [2.24, 2.45) is 40.2 Å². The van der Waals surface area contributed by atoms with Gasteiger partial charge in [-0.15, -0.1) is 0 Å². The third kappa shape index (κ3) is 7.20. The van der Waals surface area contributed by atoms with Crippen LogP contribution in [0.1, 0.15) is 78.1 Å². The highest BCUT2D eigenvalue weighted by Gasteiger charge is 2.70. The standard InChI is InChI=1S/C34H49N5O7/c1-17(2)24(26(40)19-11-9-10-12-22(19)46-8)37-32(45)38-28(33(3,4)5)31(44)39-16-20-23(34(20,6)7)25(39)30(43)36-21(15-18-13-14-18)27(41)29(35)42/h9-12,17-18,20-21,23-25,28H,13-16H2,1-8H3,(H2,35,42)(H,36,43)(H2,37,38,45)/t20-,21?,23-,24-,25-,28+/m0/s1. The molecule has 252 valence electrons. The highest BCUT2D eigenvalue weighted by Crippen LogP contribution is 2.65. The van der Waals surface area contributed by atoms with Gasteiger partial charge < -0.3 is 31.3 Å². The summed E-state index contributed by atoms with van der Waals surface area (Å²) < 4.78 is 5.35. The summed E-state index contributed by atoms with van der Waals surface area (Å²) in [5.41, 5.74) is 4.65. The van der Waals surface area contributed by atoms with Gasteiger partial charge in [0, 0.05) is 6.54 Å². The van der Waals surface area contributed by atoms with Crippen LogP contribution in [0.5, 0.6) is 5.75 Å². The number of nitrogens with one attached hydrogen (secondary N) is 3. The molecule has 12 nitrogen and oxygen atoms in total. The van der Waals surface area contributed by atoms with Gasteiger partial charge in [-0.2, -0.15) is 0 Å². The predicted octanol–water partition coefficient (Wildman–Crippen LogP) is 2.44. The smallest absolute Gasteiger partial charge is 0.316 e. The molecule has 3 fully saturated rings. The lowest BCUT2D eigenvalue weighted by atomic mass is 9.85. The van der Waals surface area contributed by atoms with E-state index < -0.39 is 59.1 Å². The predicted molar refractivity (Wildman–Crippen MR) is 171 cm³/mol. The van der Waals surface area contributed by atoms with E-state index in [2.05, 4.69) is 16.0 Å². The highest BCUT2D eigenvalue weighted by molar-refractivity contribution is 6.37. The van der Waals surface area contributed by atoms with E-state index in [1.165, 1.54) is 12.0 Å². The summed E-state index contributed by atoms with van der Waals surface area (Å²) in [5.74, 6) is -2.99. The van der Waals surface area contributed by atoms with Crippen molar-refractivity contribution >= 4 is 35.3 Å². The number of Topliss-reactive ketones (excluding diaryl/α,β-unsaturated/α-hetero) is 2. The summed E-state index contributed by atoms with van der Waals surface area (Å²) in [7, 11) is 1.47. The molecule has 1 unspecified atom stereocenters. The number of benzene rings is 1. The zero-order valence-electron chi connectivity index (χ0n) is 28.1. The first-order valence-electron chi connectivity index (χ1n) is 16.1. The molecule has 1 aromatic carbocycles. The number of rotatable bonds is 13. The number of urea groups is 1. The molecular formula is C34H49N5O7. The van der Waals surface area contributed by atoms with E-state index in [-0.39, 0.29) is 34.9 Å². The first kappa shape index (κ1) is 34.9. The van der Waals surface area contributed by atoms with Gasteiger partial charge in [0.2, 0.25) is 17.6 Å². The summed E-state index contributed by atoms with van der Waals surface area (Å²) in [4.78, 5) is 80.9. The quantitative estimate of drug-likeness (QED) is 0.189. The average molecular weight is 640 g/mol. The number of nitrogens with zero attached hydrogens (tertiary/aromatic N) is 1. The van der Waals surface area contributed by atoms with Crippen LogP contribution in [0.3, 0.4) is 0 Å². The lowest BCUT2D eigenvalue weighted by Gasteiger charge is -2.38. The Hall–Kier alpha value is -3.96. The SMILES string of the molecule is COc1ccccc1C(=O)[C@@H](NC(=O)N[C@H](C(=O)N1C[C@H]2[C@@H]([C@H]1C(=O)NC(CC1CC1)C(=O)C(N)=O)C2(C)C)C(C)(C)C)C(C)C. The van der Waals surface area contributed by atoms with Crippen LogP contribution in [-0.4, -0.2) is 78.0 Å². The van der Waals surface area contributed by atoms with Gasteiger partial charge in [0.25, 0.3) is 5.91 Å². The molecule has 1 aliphatic heterocycles. The van der Waals surface area contributed by atoms with Gasteiger partial charge in [0.15, 0.2) is 5.78 Å². The van der Waals surface area contributed by atoms with Crippen molar-refractivity contribution in [1.29, 1.82) is 0 Å². The monoisotopic (exact) mass is 639 g/mol. The lowest BCUT2D eigenvalue weighted by molar-refractivity contribution is -0.145. The van der Waals surface area contributed by atoms with E-state index in [0.29, 0.717) is 24.3 Å². The van der Waals surface area contributed by atoms with Gasteiger partial charge in [0.1, 0.15) is 17.8 Å². The number of hydrogen-bond acceptors (Lipinski definition) is 7. The maximum absolute atomic E-state index is 14.3. The Morgan fingerprint density at radius 2 is 1.65 bits per heavy atom. The van der Waals surface area contributed by atoms with Gasteiger partial charge in [0.05, 0.1) is 24.8 Å². The van der Waals surface area contributed by atoms with Gasteiger partial charge in [-0.25, -0.2) is 4.79 Å². The molecule has 6 atom stereocenters. The maximum atomic E-state index is 14.3. The van der Waals surface area contributed by atoms with Crippen molar-refractivity contribution < 1.29 is 33.5 Å². The lowest BCUT2D eigenvalue weighted by Crippen LogP contribution is -2.62. The van der Waals surface area contributed by atoms with Crippen LogP contribution in [0, 0.1) is 34.5 Å². The Balaban J connectivity index is 1.54. The molecule has 1 saturated heterocycles. The molecule has 1 aromatic rings. The number of nitrogens with two attached hydrogens (primary N) is 1. The molecule has 12 heteroatoms. The third-order valence-electron chi connectivity index (χ3n) is 9.90.